The normalized spacial score (nSPS) is 10.8. The van der Waals surface area contributed by atoms with Crippen molar-refractivity contribution < 1.29 is 4.74 Å². The topological polar surface area (TPSA) is 9.23 Å². The lowest BCUT2D eigenvalue weighted by Gasteiger charge is -2.14. The van der Waals surface area contributed by atoms with Gasteiger partial charge in [-0.1, -0.05) is 57.2 Å². The Hall–Kier alpha value is -1.76. The van der Waals surface area contributed by atoms with Crippen LogP contribution in [0.4, 0.5) is 0 Å². The highest BCUT2D eigenvalue weighted by molar-refractivity contribution is 5.38. The Labute approximate surface area is 122 Å². The van der Waals surface area contributed by atoms with Gasteiger partial charge < -0.3 is 4.74 Å². The van der Waals surface area contributed by atoms with Gasteiger partial charge in [0.2, 0.25) is 0 Å². The van der Waals surface area contributed by atoms with Crippen molar-refractivity contribution in [1.82, 2.24) is 0 Å². The summed E-state index contributed by atoms with van der Waals surface area (Å²) >= 11 is 0. The second kappa shape index (κ2) is 6.60. The first-order valence-electron chi connectivity index (χ1n) is 7.42. The van der Waals surface area contributed by atoms with E-state index < -0.39 is 0 Å². The Bertz CT molecular complexity index is 570. The van der Waals surface area contributed by atoms with Crippen molar-refractivity contribution in [1.29, 1.82) is 0 Å². The number of aryl methyl sites for hydroxylation is 2. The Balaban J connectivity index is 2.15. The highest BCUT2D eigenvalue weighted by atomic mass is 16.5. The zero-order chi connectivity index (χ0) is 14.5. The van der Waals surface area contributed by atoms with Crippen LogP contribution >= 0.6 is 0 Å². The molecule has 2 aromatic carbocycles. The van der Waals surface area contributed by atoms with Crippen LogP contribution in [0.2, 0.25) is 0 Å². The van der Waals surface area contributed by atoms with Gasteiger partial charge in [0, 0.05) is 0 Å². The van der Waals surface area contributed by atoms with Crippen LogP contribution in [-0.2, 0) is 13.0 Å². The molecule has 1 nitrogen and oxygen atoms in total. The quantitative estimate of drug-likeness (QED) is 0.718. The zero-order valence-corrected chi connectivity index (χ0v) is 12.9. The molecule has 20 heavy (non-hydrogen) atoms. The number of ether oxygens (including phenoxy) is 1. The second-order valence-electron chi connectivity index (χ2n) is 5.59. The molecule has 0 N–H and O–H groups in total. The van der Waals surface area contributed by atoms with Gasteiger partial charge in [-0.3, -0.25) is 0 Å². The molecule has 0 aliphatic heterocycles. The summed E-state index contributed by atoms with van der Waals surface area (Å²) in [5.41, 5.74) is 5.21. The molecule has 0 unspecified atom stereocenters. The standard InChI is InChI=1S/C19H24O/c1-5-16-12-17(14(2)3)10-11-19(16)20-13-18-9-7-6-8-15(18)4/h6-12,14H,5,13H2,1-4H3. The highest BCUT2D eigenvalue weighted by Gasteiger charge is 2.07. The molecule has 0 atom stereocenters. The monoisotopic (exact) mass is 268 g/mol. The predicted octanol–water partition coefficient (Wildman–Crippen LogP) is 5.26. The molecule has 0 aromatic heterocycles. The summed E-state index contributed by atoms with van der Waals surface area (Å²) < 4.78 is 6.03. The zero-order valence-electron chi connectivity index (χ0n) is 12.9. The van der Waals surface area contributed by atoms with Crippen molar-refractivity contribution in [2.75, 3.05) is 0 Å². The number of rotatable bonds is 5. The van der Waals surface area contributed by atoms with Gasteiger partial charge in [0.15, 0.2) is 0 Å². The van der Waals surface area contributed by atoms with Gasteiger partial charge >= 0.3 is 0 Å². The van der Waals surface area contributed by atoms with Crippen LogP contribution < -0.4 is 4.74 Å². The first kappa shape index (κ1) is 14.6. The lowest BCUT2D eigenvalue weighted by molar-refractivity contribution is 0.302. The number of hydrogen-bond acceptors (Lipinski definition) is 1. The lowest BCUT2D eigenvalue weighted by Crippen LogP contribution is -2.01. The average Bonchev–Trinajstić information content (AvgIpc) is 2.46. The second-order valence-corrected chi connectivity index (χ2v) is 5.59. The summed E-state index contributed by atoms with van der Waals surface area (Å²) in [4.78, 5) is 0. The van der Waals surface area contributed by atoms with Crippen LogP contribution in [-0.4, -0.2) is 0 Å². The molecule has 0 radical (unpaired) electrons. The van der Waals surface area contributed by atoms with Gasteiger partial charge in [-0.15, -0.1) is 0 Å². The molecule has 0 aliphatic rings. The van der Waals surface area contributed by atoms with Crippen molar-refractivity contribution in [3.05, 3.63) is 64.7 Å². The van der Waals surface area contributed by atoms with Gasteiger partial charge in [0.05, 0.1) is 0 Å². The van der Waals surface area contributed by atoms with E-state index in [1.54, 1.807) is 0 Å². The highest BCUT2D eigenvalue weighted by Crippen LogP contribution is 2.25. The molecule has 0 saturated heterocycles. The Morgan fingerprint density at radius 1 is 1.00 bits per heavy atom. The van der Waals surface area contributed by atoms with Crippen LogP contribution in [0, 0.1) is 6.92 Å². The van der Waals surface area contributed by atoms with Crippen LogP contribution in [0.3, 0.4) is 0 Å². The molecule has 0 saturated carbocycles. The molecular weight excluding hydrogens is 244 g/mol. The summed E-state index contributed by atoms with van der Waals surface area (Å²) in [6.07, 6.45) is 1.00. The third-order valence-corrected chi connectivity index (χ3v) is 3.78. The lowest BCUT2D eigenvalue weighted by atomic mass is 9.99. The summed E-state index contributed by atoms with van der Waals surface area (Å²) in [6, 6.07) is 15.0. The van der Waals surface area contributed by atoms with E-state index in [1.807, 2.05) is 0 Å². The summed E-state index contributed by atoms with van der Waals surface area (Å²) in [5, 5.41) is 0. The fourth-order valence-electron chi connectivity index (χ4n) is 2.30. The van der Waals surface area contributed by atoms with Gasteiger partial charge in [-0.25, -0.2) is 0 Å². The smallest absolute Gasteiger partial charge is 0.123 e. The maximum Gasteiger partial charge on any atom is 0.123 e. The van der Waals surface area contributed by atoms with Gasteiger partial charge in [-0.05, 0) is 47.6 Å². The molecular formula is C19H24O. The van der Waals surface area contributed by atoms with E-state index in [2.05, 4.69) is 70.2 Å². The molecule has 1 heteroatoms. The number of benzene rings is 2. The SMILES string of the molecule is CCc1cc(C(C)C)ccc1OCc1ccccc1C. The molecule has 2 rings (SSSR count). The van der Waals surface area contributed by atoms with E-state index in [1.165, 1.54) is 22.3 Å². The first-order chi connectivity index (χ1) is 9.61. The Kier molecular flexibility index (Phi) is 4.84. The van der Waals surface area contributed by atoms with Crippen molar-refractivity contribution in [2.24, 2.45) is 0 Å². The van der Waals surface area contributed by atoms with Crippen molar-refractivity contribution in [2.45, 2.75) is 46.6 Å². The van der Waals surface area contributed by atoms with E-state index >= 15 is 0 Å². The molecule has 0 heterocycles. The van der Waals surface area contributed by atoms with E-state index in [9.17, 15) is 0 Å². The minimum atomic E-state index is 0.561. The molecule has 0 amide bonds. The Morgan fingerprint density at radius 2 is 1.75 bits per heavy atom. The third kappa shape index (κ3) is 3.41. The maximum absolute atomic E-state index is 6.03. The van der Waals surface area contributed by atoms with Crippen LogP contribution in [0.25, 0.3) is 0 Å². The largest absolute Gasteiger partial charge is 0.489 e. The van der Waals surface area contributed by atoms with E-state index in [0.717, 1.165) is 12.2 Å². The van der Waals surface area contributed by atoms with Gasteiger partial charge in [-0.2, -0.15) is 0 Å². The third-order valence-electron chi connectivity index (χ3n) is 3.78. The molecule has 106 valence electrons. The van der Waals surface area contributed by atoms with E-state index in [0.29, 0.717) is 12.5 Å². The van der Waals surface area contributed by atoms with Crippen molar-refractivity contribution in [3.8, 4) is 5.75 Å². The minimum Gasteiger partial charge on any atom is -0.489 e. The molecule has 0 fully saturated rings. The molecule has 0 bridgehead atoms. The van der Waals surface area contributed by atoms with Crippen LogP contribution in [0.1, 0.15) is 48.9 Å². The number of hydrogen-bond donors (Lipinski definition) is 0. The average molecular weight is 268 g/mol. The van der Waals surface area contributed by atoms with Crippen LogP contribution in [0.15, 0.2) is 42.5 Å². The van der Waals surface area contributed by atoms with Gasteiger partial charge in [0.25, 0.3) is 0 Å². The van der Waals surface area contributed by atoms with Crippen LogP contribution in [0.5, 0.6) is 5.75 Å². The first-order valence-corrected chi connectivity index (χ1v) is 7.42. The summed E-state index contributed by atoms with van der Waals surface area (Å²) in [7, 11) is 0. The molecule has 0 aliphatic carbocycles. The summed E-state index contributed by atoms with van der Waals surface area (Å²) in [5.74, 6) is 1.57. The van der Waals surface area contributed by atoms with E-state index in [-0.39, 0.29) is 0 Å². The van der Waals surface area contributed by atoms with E-state index in [4.69, 9.17) is 4.74 Å². The fourth-order valence-corrected chi connectivity index (χ4v) is 2.30. The molecule has 0 spiro atoms. The fraction of sp³-hybridized carbons (Fsp3) is 0.368. The molecule has 2 aromatic rings. The van der Waals surface area contributed by atoms with Gasteiger partial charge in [0.1, 0.15) is 12.4 Å². The van der Waals surface area contributed by atoms with Crippen molar-refractivity contribution in [3.63, 3.8) is 0 Å². The minimum absolute atomic E-state index is 0.561. The predicted molar refractivity (Wildman–Crippen MR) is 85.4 cm³/mol. The maximum atomic E-state index is 6.03. The Morgan fingerprint density at radius 3 is 2.40 bits per heavy atom. The van der Waals surface area contributed by atoms with Crippen molar-refractivity contribution >= 4 is 0 Å². The summed E-state index contributed by atoms with van der Waals surface area (Å²) in [6.45, 7) is 9.40.